The number of carbonyl (C=O) groups is 1. The van der Waals surface area contributed by atoms with Crippen LogP contribution in [0.15, 0.2) is 41.8 Å². The van der Waals surface area contributed by atoms with Gasteiger partial charge in [0.05, 0.1) is 11.5 Å². The first-order valence-electron chi connectivity index (χ1n) is 7.19. The van der Waals surface area contributed by atoms with E-state index in [9.17, 15) is 13.2 Å². The van der Waals surface area contributed by atoms with Crippen molar-refractivity contribution in [2.24, 2.45) is 0 Å². The highest BCUT2D eigenvalue weighted by molar-refractivity contribution is 7.89. The molecule has 7 nitrogen and oxygen atoms in total. The molecule has 0 unspecified atom stereocenters. The van der Waals surface area contributed by atoms with Gasteiger partial charge in [-0.2, -0.15) is 0 Å². The maximum atomic E-state index is 11.9. The SMILES string of the molecule is C=CCNS(=O)(=O)c1ccc(C(=O)NCCNCCOC)cc1. The van der Waals surface area contributed by atoms with Gasteiger partial charge in [-0.15, -0.1) is 6.58 Å². The molecule has 8 heteroatoms. The van der Waals surface area contributed by atoms with Crippen molar-refractivity contribution in [1.82, 2.24) is 15.4 Å². The smallest absolute Gasteiger partial charge is 0.251 e. The molecule has 0 aliphatic rings. The Morgan fingerprint density at radius 2 is 1.91 bits per heavy atom. The van der Waals surface area contributed by atoms with Crippen LogP contribution >= 0.6 is 0 Å². The van der Waals surface area contributed by atoms with Crippen LogP contribution in [0.2, 0.25) is 0 Å². The second kappa shape index (κ2) is 10.1. The summed E-state index contributed by atoms with van der Waals surface area (Å²) in [6, 6.07) is 5.76. The Morgan fingerprint density at radius 3 is 2.52 bits per heavy atom. The van der Waals surface area contributed by atoms with Crippen molar-refractivity contribution < 1.29 is 17.9 Å². The molecule has 23 heavy (non-hydrogen) atoms. The summed E-state index contributed by atoms with van der Waals surface area (Å²) in [5, 5.41) is 5.85. The summed E-state index contributed by atoms with van der Waals surface area (Å²) < 4.78 is 31.0. The Hall–Kier alpha value is -1.74. The van der Waals surface area contributed by atoms with Crippen molar-refractivity contribution in [1.29, 1.82) is 0 Å². The fourth-order valence-corrected chi connectivity index (χ4v) is 2.70. The van der Waals surface area contributed by atoms with Crippen LogP contribution in [0.4, 0.5) is 0 Å². The minimum Gasteiger partial charge on any atom is -0.383 e. The second-order valence-electron chi connectivity index (χ2n) is 4.66. The van der Waals surface area contributed by atoms with E-state index in [0.717, 1.165) is 6.54 Å². The maximum absolute atomic E-state index is 11.9. The van der Waals surface area contributed by atoms with Crippen molar-refractivity contribution in [2.75, 3.05) is 39.9 Å². The molecule has 0 saturated heterocycles. The third-order valence-corrected chi connectivity index (χ3v) is 4.35. The molecule has 1 amide bonds. The number of nitrogens with one attached hydrogen (secondary N) is 3. The fourth-order valence-electron chi connectivity index (χ4n) is 1.70. The zero-order valence-corrected chi connectivity index (χ0v) is 14.0. The van der Waals surface area contributed by atoms with Crippen LogP contribution in [0.3, 0.4) is 0 Å². The van der Waals surface area contributed by atoms with E-state index >= 15 is 0 Å². The van der Waals surface area contributed by atoms with Gasteiger partial charge in [-0.05, 0) is 24.3 Å². The number of amides is 1. The van der Waals surface area contributed by atoms with E-state index in [-0.39, 0.29) is 17.3 Å². The number of carbonyl (C=O) groups excluding carboxylic acids is 1. The Labute approximate surface area is 137 Å². The molecule has 0 spiro atoms. The molecule has 0 fully saturated rings. The molecular formula is C15H23N3O4S. The zero-order valence-electron chi connectivity index (χ0n) is 13.2. The molecule has 0 heterocycles. The topological polar surface area (TPSA) is 96.5 Å². The highest BCUT2D eigenvalue weighted by Crippen LogP contribution is 2.10. The highest BCUT2D eigenvalue weighted by atomic mass is 32.2. The van der Waals surface area contributed by atoms with Gasteiger partial charge in [0.25, 0.3) is 5.91 Å². The van der Waals surface area contributed by atoms with E-state index in [0.29, 0.717) is 25.3 Å². The van der Waals surface area contributed by atoms with E-state index in [1.165, 1.54) is 30.3 Å². The van der Waals surface area contributed by atoms with Gasteiger partial charge >= 0.3 is 0 Å². The van der Waals surface area contributed by atoms with E-state index in [1.54, 1.807) is 7.11 Å². The van der Waals surface area contributed by atoms with Crippen LogP contribution in [-0.2, 0) is 14.8 Å². The van der Waals surface area contributed by atoms with Crippen molar-refractivity contribution in [3.63, 3.8) is 0 Å². The maximum Gasteiger partial charge on any atom is 0.251 e. The Morgan fingerprint density at radius 1 is 1.22 bits per heavy atom. The molecule has 128 valence electrons. The standard InChI is InChI=1S/C15H23N3O4S/c1-3-8-18-23(20,21)14-6-4-13(5-7-14)15(19)17-10-9-16-11-12-22-2/h3-7,16,18H,1,8-12H2,2H3,(H,17,19). The molecule has 1 aromatic carbocycles. The molecule has 0 aliphatic carbocycles. The van der Waals surface area contributed by atoms with E-state index in [4.69, 9.17) is 4.74 Å². The molecule has 3 N–H and O–H groups in total. The van der Waals surface area contributed by atoms with E-state index < -0.39 is 10.0 Å². The quantitative estimate of drug-likeness (QED) is 0.392. The molecule has 0 saturated carbocycles. The lowest BCUT2D eigenvalue weighted by molar-refractivity contribution is 0.0953. The Balaban J connectivity index is 2.49. The van der Waals surface area contributed by atoms with Gasteiger partial charge in [0.15, 0.2) is 0 Å². The summed E-state index contributed by atoms with van der Waals surface area (Å²) in [5.41, 5.74) is 0.407. The predicted molar refractivity (Wildman–Crippen MR) is 88.9 cm³/mol. The molecule has 0 bridgehead atoms. The predicted octanol–water partition coefficient (Wildman–Crippen LogP) is 0.117. The van der Waals surface area contributed by atoms with Crippen molar-refractivity contribution in [3.05, 3.63) is 42.5 Å². The fraction of sp³-hybridized carbons (Fsp3) is 0.400. The molecule has 1 rings (SSSR count). The number of ether oxygens (including phenoxy) is 1. The number of methoxy groups -OCH3 is 1. The van der Waals surface area contributed by atoms with Crippen LogP contribution in [0, 0.1) is 0 Å². The van der Waals surface area contributed by atoms with Crippen LogP contribution < -0.4 is 15.4 Å². The zero-order chi connectivity index (χ0) is 17.1. The molecule has 1 aromatic rings. The summed E-state index contributed by atoms with van der Waals surface area (Å²) in [7, 11) is -1.94. The average Bonchev–Trinajstić information content (AvgIpc) is 2.56. The second-order valence-corrected chi connectivity index (χ2v) is 6.43. The third-order valence-electron chi connectivity index (χ3n) is 2.91. The summed E-state index contributed by atoms with van der Waals surface area (Å²) in [6.45, 7) is 6.05. The van der Waals surface area contributed by atoms with Gasteiger partial charge in [-0.1, -0.05) is 6.08 Å². The number of benzene rings is 1. The Bertz CT molecular complexity index is 600. The highest BCUT2D eigenvalue weighted by Gasteiger charge is 2.13. The normalized spacial score (nSPS) is 11.2. The summed E-state index contributed by atoms with van der Waals surface area (Å²) in [5.74, 6) is -0.249. The third kappa shape index (κ3) is 6.91. The largest absolute Gasteiger partial charge is 0.383 e. The molecule has 0 aliphatic heterocycles. The first-order valence-corrected chi connectivity index (χ1v) is 8.68. The van der Waals surface area contributed by atoms with Crippen molar-refractivity contribution in [3.8, 4) is 0 Å². The number of sulfonamides is 1. The van der Waals surface area contributed by atoms with E-state index in [2.05, 4.69) is 21.9 Å². The summed E-state index contributed by atoms with van der Waals surface area (Å²) >= 11 is 0. The lowest BCUT2D eigenvalue weighted by atomic mass is 10.2. The van der Waals surface area contributed by atoms with Gasteiger partial charge < -0.3 is 15.4 Å². The van der Waals surface area contributed by atoms with Crippen molar-refractivity contribution >= 4 is 15.9 Å². The minimum absolute atomic E-state index is 0.108. The summed E-state index contributed by atoms with van der Waals surface area (Å²) in [6.07, 6.45) is 1.46. The monoisotopic (exact) mass is 341 g/mol. The van der Waals surface area contributed by atoms with Crippen molar-refractivity contribution in [2.45, 2.75) is 4.90 Å². The van der Waals surface area contributed by atoms with Gasteiger partial charge in [0.1, 0.15) is 0 Å². The molecule has 0 radical (unpaired) electrons. The van der Waals surface area contributed by atoms with Gasteiger partial charge in [0.2, 0.25) is 10.0 Å². The van der Waals surface area contributed by atoms with Gasteiger partial charge in [0, 0.05) is 38.9 Å². The van der Waals surface area contributed by atoms with Crippen LogP contribution in [-0.4, -0.2) is 54.2 Å². The minimum atomic E-state index is -3.57. The lowest BCUT2D eigenvalue weighted by Crippen LogP contribution is -2.33. The number of hydrogen-bond acceptors (Lipinski definition) is 5. The molecular weight excluding hydrogens is 318 g/mol. The molecule has 0 atom stereocenters. The van der Waals surface area contributed by atoms with Crippen LogP contribution in [0.25, 0.3) is 0 Å². The van der Waals surface area contributed by atoms with Crippen LogP contribution in [0.1, 0.15) is 10.4 Å². The Kier molecular flexibility index (Phi) is 8.49. The van der Waals surface area contributed by atoms with Crippen LogP contribution in [0.5, 0.6) is 0 Å². The summed E-state index contributed by atoms with van der Waals surface area (Å²) in [4.78, 5) is 12.0. The average molecular weight is 341 g/mol. The number of hydrogen-bond donors (Lipinski definition) is 3. The number of rotatable bonds is 11. The van der Waals surface area contributed by atoms with E-state index in [1.807, 2.05) is 0 Å². The first-order chi connectivity index (χ1) is 11.0. The lowest BCUT2D eigenvalue weighted by Gasteiger charge is -2.08. The molecule has 0 aromatic heterocycles. The van der Waals surface area contributed by atoms with Gasteiger partial charge in [-0.3, -0.25) is 4.79 Å². The van der Waals surface area contributed by atoms with Gasteiger partial charge in [-0.25, -0.2) is 13.1 Å². The first kappa shape index (κ1) is 19.3.